The molecule has 0 bridgehead atoms. The first-order valence-corrected chi connectivity index (χ1v) is 18.7. The van der Waals surface area contributed by atoms with Crippen LogP contribution in [0.25, 0.3) is 11.1 Å². The van der Waals surface area contributed by atoms with Gasteiger partial charge in [0.1, 0.15) is 16.7 Å². The molecule has 4 aromatic carbocycles. The van der Waals surface area contributed by atoms with Crippen LogP contribution in [0.5, 0.6) is 5.75 Å². The lowest BCUT2D eigenvalue weighted by atomic mass is 9.91. The van der Waals surface area contributed by atoms with Gasteiger partial charge < -0.3 is 20.3 Å². The van der Waals surface area contributed by atoms with E-state index in [2.05, 4.69) is 13.8 Å². The molecule has 1 atom stereocenters. The zero-order chi connectivity index (χ0) is 34.5. The molecule has 0 spiro atoms. The number of hydrogen-bond acceptors (Lipinski definition) is 7. The van der Waals surface area contributed by atoms with E-state index in [0.29, 0.717) is 45.9 Å². The molecule has 4 N–H and O–H groups in total. The molecule has 48 heavy (non-hydrogen) atoms. The summed E-state index contributed by atoms with van der Waals surface area (Å²) in [7, 11) is -4.60. The Morgan fingerprint density at radius 1 is 0.854 bits per heavy atom. The maximum Gasteiger partial charge on any atom is 0.295 e. The lowest BCUT2D eigenvalue weighted by Gasteiger charge is -2.19. The van der Waals surface area contributed by atoms with E-state index < -0.39 is 22.1 Å². The Morgan fingerprint density at radius 2 is 1.58 bits per heavy atom. The second kappa shape index (κ2) is 18.2. The second-order valence-corrected chi connectivity index (χ2v) is 14.2. The van der Waals surface area contributed by atoms with E-state index in [9.17, 15) is 22.9 Å². The molecule has 0 heterocycles. The van der Waals surface area contributed by atoms with Gasteiger partial charge >= 0.3 is 0 Å². The number of nitrogens with two attached hydrogens (primary N) is 1. The van der Waals surface area contributed by atoms with Gasteiger partial charge in [0.05, 0.1) is 13.2 Å². The van der Waals surface area contributed by atoms with Gasteiger partial charge in [0.25, 0.3) is 10.1 Å². The Bertz CT molecular complexity index is 1760. The van der Waals surface area contributed by atoms with Crippen molar-refractivity contribution < 1.29 is 32.3 Å². The second-order valence-electron chi connectivity index (χ2n) is 11.7. The van der Waals surface area contributed by atoms with E-state index in [4.69, 9.17) is 15.2 Å². The summed E-state index contributed by atoms with van der Waals surface area (Å²) in [5.41, 5.74) is 8.59. The fourth-order valence-electron chi connectivity index (χ4n) is 5.30. The van der Waals surface area contributed by atoms with Crippen molar-refractivity contribution in [3.05, 3.63) is 107 Å². The molecule has 10 heteroatoms. The maximum absolute atomic E-state index is 12.6. The minimum Gasteiger partial charge on any atom is -0.494 e. The maximum atomic E-state index is 12.6. The summed E-state index contributed by atoms with van der Waals surface area (Å²) >= 11 is 1.21. The molecule has 1 amide bonds. The molecule has 0 aliphatic carbocycles. The normalized spacial score (nSPS) is 12.2. The first kappa shape index (κ1) is 37.2. The van der Waals surface area contributed by atoms with Crippen LogP contribution in [0.2, 0.25) is 0 Å². The van der Waals surface area contributed by atoms with Crippen LogP contribution < -0.4 is 10.5 Å². The van der Waals surface area contributed by atoms with Gasteiger partial charge in [0.2, 0.25) is 5.91 Å². The van der Waals surface area contributed by atoms with Gasteiger partial charge in [0, 0.05) is 22.0 Å². The highest BCUT2D eigenvalue weighted by Crippen LogP contribution is 2.39. The number of unbranched alkanes of at least 4 members (excludes halogenated alkanes) is 5. The van der Waals surface area contributed by atoms with Gasteiger partial charge in [-0.2, -0.15) is 8.42 Å². The topological polar surface area (TPSA) is 136 Å². The average Bonchev–Trinajstić information content (AvgIpc) is 3.08. The van der Waals surface area contributed by atoms with E-state index in [1.807, 2.05) is 24.3 Å². The molecule has 0 aliphatic heterocycles. The standard InChI is InChI=1S/C38H45NO7S2/c1-3-5-7-8-11-20-45-26-27-22-29(24-30(23-27)38(39)41)37(40)34-13-10-9-12-33(34)28-14-19-35(36(25-28)48(42,43)44)47-32-17-15-31(16-18-32)46-21-6-4-2/h9-10,12-19,22-25,37,40H,3-8,11,20-21,26H2,1-2H3,(H2,39,41)(H,42,43,44). The number of rotatable bonds is 19. The van der Waals surface area contributed by atoms with E-state index in [-0.39, 0.29) is 17.1 Å². The summed E-state index contributed by atoms with van der Waals surface area (Å²) < 4.78 is 47.0. The number of benzene rings is 4. The molecule has 0 aliphatic rings. The number of aliphatic hydroxyl groups excluding tert-OH is 1. The Kier molecular flexibility index (Phi) is 14.1. The summed E-state index contributed by atoms with van der Waals surface area (Å²) in [5, 5.41) is 11.7. The molecular formula is C38H45NO7S2. The Hall–Kier alpha value is -3.67. The van der Waals surface area contributed by atoms with Crippen molar-refractivity contribution in [2.75, 3.05) is 13.2 Å². The Morgan fingerprint density at radius 3 is 2.29 bits per heavy atom. The summed E-state index contributed by atoms with van der Waals surface area (Å²) in [4.78, 5) is 13.1. The smallest absolute Gasteiger partial charge is 0.295 e. The molecule has 4 aromatic rings. The zero-order valence-corrected chi connectivity index (χ0v) is 29.2. The number of carbonyl (C=O) groups is 1. The van der Waals surface area contributed by atoms with Crippen LogP contribution in [-0.4, -0.2) is 37.2 Å². The number of carbonyl (C=O) groups excluding carboxylic acids is 1. The van der Waals surface area contributed by atoms with Crippen LogP contribution in [-0.2, 0) is 21.5 Å². The third-order valence-corrected chi connectivity index (χ3v) is 9.99. The summed E-state index contributed by atoms with van der Waals surface area (Å²) in [6, 6.07) is 24.2. The van der Waals surface area contributed by atoms with Crippen molar-refractivity contribution in [2.24, 2.45) is 5.73 Å². The SMILES string of the molecule is CCCCCCCOCc1cc(C(N)=O)cc(C(O)c2ccccc2-c2ccc(Sc3ccc(OCCCC)cc3)c(S(=O)(=O)O)c2)c1. The number of primary amides is 1. The highest BCUT2D eigenvalue weighted by molar-refractivity contribution is 8.00. The highest BCUT2D eigenvalue weighted by Gasteiger charge is 2.22. The van der Waals surface area contributed by atoms with Crippen molar-refractivity contribution in [1.82, 2.24) is 0 Å². The van der Waals surface area contributed by atoms with Crippen molar-refractivity contribution in [3.8, 4) is 16.9 Å². The van der Waals surface area contributed by atoms with Crippen molar-refractivity contribution in [2.45, 2.75) is 86.2 Å². The third-order valence-electron chi connectivity index (χ3n) is 7.88. The minimum atomic E-state index is -4.60. The molecule has 8 nitrogen and oxygen atoms in total. The van der Waals surface area contributed by atoms with Crippen LogP contribution in [0, 0.1) is 0 Å². The fourth-order valence-corrected chi connectivity index (χ4v) is 7.16. The largest absolute Gasteiger partial charge is 0.494 e. The summed E-state index contributed by atoms with van der Waals surface area (Å²) in [5.74, 6) is 0.106. The molecule has 0 aromatic heterocycles. The summed E-state index contributed by atoms with van der Waals surface area (Å²) in [6.07, 6.45) is 6.40. The predicted octanol–water partition coefficient (Wildman–Crippen LogP) is 8.60. The predicted molar refractivity (Wildman–Crippen MR) is 190 cm³/mol. The molecule has 1 unspecified atom stereocenters. The first-order chi connectivity index (χ1) is 23.1. The van der Waals surface area contributed by atoms with Crippen LogP contribution in [0.4, 0.5) is 0 Å². The highest BCUT2D eigenvalue weighted by atomic mass is 32.2. The number of amides is 1. The van der Waals surface area contributed by atoms with Crippen LogP contribution in [0.3, 0.4) is 0 Å². The van der Waals surface area contributed by atoms with E-state index in [1.54, 1.807) is 54.6 Å². The van der Waals surface area contributed by atoms with E-state index >= 15 is 0 Å². The first-order valence-electron chi connectivity index (χ1n) is 16.4. The van der Waals surface area contributed by atoms with Gasteiger partial charge in [0.15, 0.2) is 0 Å². The number of aliphatic hydroxyl groups is 1. The quantitative estimate of drug-likeness (QED) is 0.0657. The Labute approximate surface area is 288 Å². The van der Waals surface area contributed by atoms with Crippen molar-refractivity contribution in [1.29, 1.82) is 0 Å². The van der Waals surface area contributed by atoms with Gasteiger partial charge in [-0.3, -0.25) is 9.35 Å². The minimum absolute atomic E-state index is 0.248. The molecular weight excluding hydrogens is 647 g/mol. The number of ether oxygens (including phenoxy) is 2. The van der Waals surface area contributed by atoms with Crippen LogP contribution >= 0.6 is 11.8 Å². The molecule has 256 valence electrons. The van der Waals surface area contributed by atoms with Gasteiger partial charge in [-0.1, -0.05) is 94.1 Å². The molecule has 0 saturated carbocycles. The fraction of sp³-hybridized carbons (Fsp3) is 0.342. The summed E-state index contributed by atoms with van der Waals surface area (Å²) in [6.45, 7) is 5.75. The van der Waals surface area contributed by atoms with Crippen LogP contribution in [0.1, 0.15) is 91.9 Å². The average molecular weight is 692 g/mol. The lowest BCUT2D eigenvalue weighted by Crippen LogP contribution is -2.13. The monoisotopic (exact) mass is 691 g/mol. The van der Waals surface area contributed by atoms with E-state index in [1.165, 1.54) is 37.1 Å². The van der Waals surface area contributed by atoms with Crippen LogP contribution in [0.15, 0.2) is 99.6 Å². The third kappa shape index (κ3) is 10.7. The van der Waals surface area contributed by atoms with Crippen molar-refractivity contribution in [3.63, 3.8) is 0 Å². The molecule has 0 radical (unpaired) electrons. The zero-order valence-electron chi connectivity index (χ0n) is 27.6. The van der Waals surface area contributed by atoms with Crippen molar-refractivity contribution >= 4 is 27.8 Å². The van der Waals surface area contributed by atoms with E-state index in [0.717, 1.165) is 36.3 Å². The van der Waals surface area contributed by atoms with Gasteiger partial charge in [-0.15, -0.1) is 0 Å². The lowest BCUT2D eigenvalue weighted by molar-refractivity contribution is 0.0998. The number of hydrogen-bond donors (Lipinski definition) is 3. The molecule has 0 fully saturated rings. The Balaban J connectivity index is 1.60. The van der Waals surface area contributed by atoms with Gasteiger partial charge in [-0.25, -0.2) is 0 Å². The molecule has 4 rings (SSSR count). The molecule has 0 saturated heterocycles. The van der Waals surface area contributed by atoms with Gasteiger partial charge in [-0.05, 0) is 89.2 Å².